The predicted molar refractivity (Wildman–Crippen MR) is 57.7 cm³/mol. The van der Waals surface area contributed by atoms with Crippen LogP contribution in [0, 0.1) is 0 Å². The fraction of sp³-hybridized carbons (Fsp3) is 0.417. The van der Waals surface area contributed by atoms with Crippen LogP contribution in [-0.2, 0) is 10.3 Å². The minimum atomic E-state index is -0.455. The van der Waals surface area contributed by atoms with Crippen LogP contribution in [0.3, 0.4) is 0 Å². The van der Waals surface area contributed by atoms with Crippen LogP contribution in [0.4, 0.5) is 0 Å². The Morgan fingerprint density at radius 3 is 2.47 bits per heavy atom. The summed E-state index contributed by atoms with van der Waals surface area (Å²) in [5.41, 5.74) is 6.77. The van der Waals surface area contributed by atoms with E-state index in [1.54, 1.807) is 7.11 Å². The van der Waals surface area contributed by atoms with E-state index in [9.17, 15) is 4.79 Å². The van der Waals surface area contributed by atoms with Gasteiger partial charge in [0, 0.05) is 18.4 Å². The van der Waals surface area contributed by atoms with Crippen LogP contribution in [0.15, 0.2) is 24.3 Å². The van der Waals surface area contributed by atoms with E-state index >= 15 is 0 Å². The van der Waals surface area contributed by atoms with E-state index in [0.29, 0.717) is 12.8 Å². The zero-order valence-electron chi connectivity index (χ0n) is 8.82. The number of carbonyl (C=O) groups is 1. The molecule has 0 saturated heterocycles. The number of methoxy groups -OCH3 is 1. The molecule has 1 aromatic rings. The Kier molecular flexibility index (Phi) is 2.49. The van der Waals surface area contributed by atoms with E-state index in [1.165, 1.54) is 0 Å². The molecule has 15 heavy (non-hydrogen) atoms. The summed E-state index contributed by atoms with van der Waals surface area (Å²) in [4.78, 5) is 11.3. The van der Waals surface area contributed by atoms with Crippen LogP contribution in [0.25, 0.3) is 0 Å². The second-order valence-electron chi connectivity index (χ2n) is 4.10. The molecule has 1 aliphatic rings. The first-order valence-corrected chi connectivity index (χ1v) is 5.09. The third kappa shape index (κ3) is 1.88. The van der Waals surface area contributed by atoms with Crippen LogP contribution in [0.2, 0.25) is 0 Å². The van der Waals surface area contributed by atoms with Gasteiger partial charge in [-0.25, -0.2) is 0 Å². The summed E-state index contributed by atoms with van der Waals surface area (Å²) in [5, 5.41) is 0. The van der Waals surface area contributed by atoms with Crippen molar-refractivity contribution in [3.05, 3.63) is 29.8 Å². The van der Waals surface area contributed by atoms with Crippen molar-refractivity contribution < 1.29 is 9.53 Å². The maximum absolute atomic E-state index is 11.3. The molecule has 1 aromatic carbocycles. The molecule has 0 aromatic heterocycles. The molecule has 0 aliphatic heterocycles. The SMILES string of the molecule is COc1ccc(C2(N)CCC(=O)C2)cc1. The highest BCUT2D eigenvalue weighted by atomic mass is 16.5. The van der Waals surface area contributed by atoms with Crippen molar-refractivity contribution in [3.8, 4) is 5.75 Å². The summed E-state index contributed by atoms with van der Waals surface area (Å²) in [6.45, 7) is 0. The molecule has 1 saturated carbocycles. The molecule has 0 spiro atoms. The highest BCUT2D eigenvalue weighted by molar-refractivity contribution is 5.82. The third-order valence-electron chi connectivity index (χ3n) is 3.03. The Labute approximate surface area is 89.2 Å². The first kappa shape index (κ1) is 10.2. The van der Waals surface area contributed by atoms with Gasteiger partial charge in [-0.2, -0.15) is 0 Å². The number of rotatable bonds is 2. The first-order chi connectivity index (χ1) is 7.14. The average Bonchev–Trinajstić information content (AvgIpc) is 2.60. The Morgan fingerprint density at radius 2 is 2.00 bits per heavy atom. The number of nitrogens with two attached hydrogens (primary N) is 1. The molecular formula is C12H15NO2. The molecule has 1 fully saturated rings. The molecule has 80 valence electrons. The van der Waals surface area contributed by atoms with Gasteiger partial charge in [0.2, 0.25) is 0 Å². The van der Waals surface area contributed by atoms with Gasteiger partial charge in [-0.05, 0) is 24.1 Å². The average molecular weight is 205 g/mol. The molecular weight excluding hydrogens is 190 g/mol. The lowest BCUT2D eigenvalue weighted by molar-refractivity contribution is -0.117. The number of ether oxygens (including phenoxy) is 1. The zero-order chi connectivity index (χ0) is 10.9. The van der Waals surface area contributed by atoms with Crippen LogP contribution in [0.5, 0.6) is 5.75 Å². The summed E-state index contributed by atoms with van der Waals surface area (Å²) in [6, 6.07) is 7.65. The van der Waals surface area contributed by atoms with E-state index in [4.69, 9.17) is 10.5 Å². The van der Waals surface area contributed by atoms with Crippen molar-refractivity contribution in [2.24, 2.45) is 5.73 Å². The van der Waals surface area contributed by atoms with Crippen LogP contribution in [-0.4, -0.2) is 12.9 Å². The van der Waals surface area contributed by atoms with Gasteiger partial charge in [0.15, 0.2) is 0 Å². The van der Waals surface area contributed by atoms with Crippen molar-refractivity contribution in [1.82, 2.24) is 0 Å². The van der Waals surface area contributed by atoms with Crippen molar-refractivity contribution >= 4 is 5.78 Å². The first-order valence-electron chi connectivity index (χ1n) is 5.09. The zero-order valence-corrected chi connectivity index (χ0v) is 8.82. The maximum Gasteiger partial charge on any atom is 0.135 e. The number of ketones is 1. The lowest BCUT2D eigenvalue weighted by atomic mass is 9.89. The minimum Gasteiger partial charge on any atom is -0.497 e. The lowest BCUT2D eigenvalue weighted by Gasteiger charge is -2.23. The molecule has 1 atom stereocenters. The summed E-state index contributed by atoms with van der Waals surface area (Å²) in [6.07, 6.45) is 1.81. The van der Waals surface area contributed by atoms with E-state index in [2.05, 4.69) is 0 Å². The molecule has 1 aliphatic carbocycles. The Morgan fingerprint density at radius 1 is 1.33 bits per heavy atom. The van der Waals surface area contributed by atoms with Crippen LogP contribution < -0.4 is 10.5 Å². The molecule has 0 radical (unpaired) electrons. The summed E-state index contributed by atoms with van der Waals surface area (Å²) >= 11 is 0. The maximum atomic E-state index is 11.3. The topological polar surface area (TPSA) is 52.3 Å². The minimum absolute atomic E-state index is 0.258. The Bertz CT molecular complexity index is 372. The lowest BCUT2D eigenvalue weighted by Crippen LogP contribution is -2.33. The van der Waals surface area contributed by atoms with Crippen LogP contribution in [0.1, 0.15) is 24.8 Å². The number of Topliss-reactive ketones (excluding diaryl/α,β-unsaturated/α-hetero) is 1. The van der Waals surface area contributed by atoms with Crippen molar-refractivity contribution in [1.29, 1.82) is 0 Å². The van der Waals surface area contributed by atoms with Crippen LogP contribution >= 0.6 is 0 Å². The predicted octanol–water partition coefficient (Wildman–Crippen LogP) is 1.60. The van der Waals surface area contributed by atoms with Crippen molar-refractivity contribution in [2.75, 3.05) is 7.11 Å². The molecule has 3 nitrogen and oxygen atoms in total. The monoisotopic (exact) mass is 205 g/mol. The molecule has 3 heteroatoms. The number of benzene rings is 1. The van der Waals surface area contributed by atoms with Gasteiger partial charge in [-0.1, -0.05) is 12.1 Å². The third-order valence-corrected chi connectivity index (χ3v) is 3.03. The van der Waals surface area contributed by atoms with E-state index in [1.807, 2.05) is 24.3 Å². The number of hydrogen-bond acceptors (Lipinski definition) is 3. The van der Waals surface area contributed by atoms with Gasteiger partial charge >= 0.3 is 0 Å². The summed E-state index contributed by atoms with van der Waals surface area (Å²) in [7, 11) is 1.63. The second kappa shape index (κ2) is 3.66. The second-order valence-corrected chi connectivity index (χ2v) is 4.10. The quantitative estimate of drug-likeness (QED) is 0.797. The Hall–Kier alpha value is -1.35. The molecule has 2 rings (SSSR count). The van der Waals surface area contributed by atoms with E-state index in [-0.39, 0.29) is 5.78 Å². The van der Waals surface area contributed by atoms with E-state index in [0.717, 1.165) is 17.7 Å². The molecule has 0 amide bonds. The Balaban J connectivity index is 2.25. The smallest absolute Gasteiger partial charge is 0.135 e. The van der Waals surface area contributed by atoms with Crippen molar-refractivity contribution in [3.63, 3.8) is 0 Å². The van der Waals surface area contributed by atoms with Gasteiger partial charge in [-0.15, -0.1) is 0 Å². The van der Waals surface area contributed by atoms with E-state index < -0.39 is 5.54 Å². The summed E-state index contributed by atoms with van der Waals surface area (Å²) in [5.74, 6) is 1.07. The van der Waals surface area contributed by atoms with Gasteiger partial charge in [-0.3, -0.25) is 4.79 Å². The normalized spacial score (nSPS) is 25.6. The standard InChI is InChI=1S/C12H15NO2/c1-15-11-4-2-9(3-5-11)12(13)7-6-10(14)8-12/h2-5H,6-8,13H2,1H3. The molecule has 2 N–H and O–H groups in total. The van der Waals surface area contributed by atoms with Gasteiger partial charge in [0.25, 0.3) is 0 Å². The largest absolute Gasteiger partial charge is 0.497 e. The van der Waals surface area contributed by atoms with Gasteiger partial charge < -0.3 is 10.5 Å². The number of hydrogen-bond donors (Lipinski definition) is 1. The van der Waals surface area contributed by atoms with Crippen molar-refractivity contribution in [2.45, 2.75) is 24.8 Å². The fourth-order valence-corrected chi connectivity index (χ4v) is 2.06. The molecule has 1 unspecified atom stereocenters. The fourth-order valence-electron chi connectivity index (χ4n) is 2.06. The molecule has 0 heterocycles. The van der Waals surface area contributed by atoms with Gasteiger partial charge in [0.1, 0.15) is 11.5 Å². The molecule has 0 bridgehead atoms. The highest BCUT2D eigenvalue weighted by Crippen LogP contribution is 2.34. The number of carbonyl (C=O) groups excluding carboxylic acids is 1. The summed E-state index contributed by atoms with van der Waals surface area (Å²) < 4.78 is 5.08. The highest BCUT2D eigenvalue weighted by Gasteiger charge is 2.35. The van der Waals surface area contributed by atoms with Gasteiger partial charge in [0.05, 0.1) is 7.11 Å².